The summed E-state index contributed by atoms with van der Waals surface area (Å²) in [6, 6.07) is 1.35. The van der Waals surface area contributed by atoms with Gasteiger partial charge in [-0.05, 0) is 0 Å². The molecule has 0 spiro atoms. The number of benzene rings is 1. The Balaban J connectivity index is 2.05. The zero-order valence-corrected chi connectivity index (χ0v) is 12.2. The van der Waals surface area contributed by atoms with Crippen molar-refractivity contribution in [3.63, 3.8) is 0 Å². The van der Waals surface area contributed by atoms with Gasteiger partial charge < -0.3 is 19.5 Å². The Morgan fingerprint density at radius 2 is 2.05 bits per heavy atom. The van der Waals surface area contributed by atoms with Crippen LogP contribution in [-0.4, -0.2) is 35.2 Å². The number of aryl methyl sites for hydroxylation is 1. The van der Waals surface area contributed by atoms with Crippen LogP contribution in [-0.2, 0) is 6.54 Å². The molecule has 9 heteroatoms. The molecule has 0 atom stereocenters. The van der Waals surface area contributed by atoms with Crippen molar-refractivity contribution < 1.29 is 22.8 Å². The Morgan fingerprint density at radius 3 is 2.55 bits per heavy atom. The maximum absolute atomic E-state index is 13.6. The topological polar surface area (TPSA) is 80.5 Å². The molecule has 1 heterocycles. The van der Waals surface area contributed by atoms with Gasteiger partial charge >= 0.3 is 6.03 Å². The van der Waals surface area contributed by atoms with E-state index in [1.54, 1.807) is 6.92 Å². The molecule has 2 rings (SSSR count). The number of urea groups is 1. The van der Waals surface area contributed by atoms with E-state index in [2.05, 4.69) is 20.2 Å². The molecule has 0 aliphatic rings. The van der Waals surface area contributed by atoms with Crippen molar-refractivity contribution >= 4 is 11.7 Å². The van der Waals surface area contributed by atoms with Crippen molar-refractivity contribution in [3.05, 3.63) is 35.5 Å². The first-order valence-electron chi connectivity index (χ1n) is 6.25. The van der Waals surface area contributed by atoms with E-state index in [1.165, 1.54) is 11.9 Å². The molecule has 22 heavy (non-hydrogen) atoms. The van der Waals surface area contributed by atoms with E-state index < -0.39 is 23.4 Å². The highest BCUT2D eigenvalue weighted by molar-refractivity contribution is 5.89. The van der Waals surface area contributed by atoms with Gasteiger partial charge in [0, 0.05) is 31.8 Å². The van der Waals surface area contributed by atoms with Crippen LogP contribution in [0.4, 0.5) is 19.3 Å². The molecule has 0 bridgehead atoms. The fourth-order valence-electron chi connectivity index (χ4n) is 1.74. The standard InChI is InChI=1S/C13H14F2N4O3/c1-7-16-11(18-22-7)6-19(2)13(20)17-8-4-9(14)12(21-3)10(15)5-8/h4-5H,6H2,1-3H3,(H,17,20). The Morgan fingerprint density at radius 1 is 1.41 bits per heavy atom. The summed E-state index contributed by atoms with van der Waals surface area (Å²) in [5.41, 5.74) is -0.0306. The molecule has 2 aromatic rings. The molecule has 0 saturated carbocycles. The fourth-order valence-corrected chi connectivity index (χ4v) is 1.74. The number of nitrogens with zero attached hydrogens (tertiary/aromatic N) is 3. The van der Waals surface area contributed by atoms with Crippen LogP contribution in [0, 0.1) is 18.6 Å². The lowest BCUT2D eigenvalue weighted by Crippen LogP contribution is -2.31. The highest BCUT2D eigenvalue weighted by atomic mass is 19.1. The molecule has 1 aromatic carbocycles. The third-order valence-electron chi connectivity index (χ3n) is 2.75. The smallest absolute Gasteiger partial charge is 0.321 e. The first-order valence-corrected chi connectivity index (χ1v) is 6.25. The molecule has 7 nitrogen and oxygen atoms in total. The summed E-state index contributed by atoms with van der Waals surface area (Å²) in [5, 5.41) is 6.02. The zero-order chi connectivity index (χ0) is 16.3. The van der Waals surface area contributed by atoms with Crippen molar-refractivity contribution in [2.24, 2.45) is 0 Å². The number of carbonyl (C=O) groups excluding carboxylic acids is 1. The van der Waals surface area contributed by atoms with Crippen LogP contribution in [0.1, 0.15) is 11.7 Å². The molecule has 1 N–H and O–H groups in total. The fraction of sp³-hybridized carbons (Fsp3) is 0.308. The third-order valence-corrected chi connectivity index (χ3v) is 2.75. The molecule has 0 radical (unpaired) electrons. The number of rotatable bonds is 4. The van der Waals surface area contributed by atoms with Crippen LogP contribution in [0.3, 0.4) is 0 Å². The Kier molecular flexibility index (Phi) is 4.54. The number of nitrogens with one attached hydrogen (secondary N) is 1. The minimum Gasteiger partial charge on any atom is -0.491 e. The molecule has 0 unspecified atom stereocenters. The summed E-state index contributed by atoms with van der Waals surface area (Å²) in [6.45, 7) is 1.71. The molecule has 1 aromatic heterocycles. The summed E-state index contributed by atoms with van der Waals surface area (Å²) in [4.78, 5) is 17.1. The van der Waals surface area contributed by atoms with Crippen LogP contribution in [0.15, 0.2) is 16.7 Å². The highest BCUT2D eigenvalue weighted by Gasteiger charge is 2.16. The van der Waals surface area contributed by atoms with Gasteiger partial charge in [0.05, 0.1) is 13.7 Å². The third kappa shape index (κ3) is 3.48. The monoisotopic (exact) mass is 312 g/mol. The van der Waals surface area contributed by atoms with Crippen LogP contribution in [0.2, 0.25) is 0 Å². The van der Waals surface area contributed by atoms with Gasteiger partial charge in [-0.2, -0.15) is 4.98 Å². The number of methoxy groups -OCH3 is 1. The lowest BCUT2D eigenvalue weighted by Gasteiger charge is -2.16. The van der Waals surface area contributed by atoms with E-state index in [-0.39, 0.29) is 12.2 Å². The number of ether oxygens (including phenoxy) is 1. The molecule has 2 amide bonds. The molecule has 118 valence electrons. The summed E-state index contributed by atoms with van der Waals surface area (Å²) >= 11 is 0. The molecule has 0 aliphatic heterocycles. The summed E-state index contributed by atoms with van der Waals surface area (Å²) in [6.07, 6.45) is 0. The van der Waals surface area contributed by atoms with Crippen molar-refractivity contribution in [1.29, 1.82) is 0 Å². The minimum absolute atomic E-state index is 0.0306. The average molecular weight is 312 g/mol. The molecular weight excluding hydrogens is 298 g/mol. The second-order valence-corrected chi connectivity index (χ2v) is 4.49. The molecular formula is C13H14F2N4O3. The number of amides is 2. The van der Waals surface area contributed by atoms with Crippen molar-refractivity contribution in [1.82, 2.24) is 15.0 Å². The maximum Gasteiger partial charge on any atom is 0.321 e. The summed E-state index contributed by atoms with van der Waals surface area (Å²) in [5.74, 6) is -1.62. The summed E-state index contributed by atoms with van der Waals surface area (Å²) in [7, 11) is 2.64. The number of carbonyl (C=O) groups is 1. The van der Waals surface area contributed by atoms with Crippen LogP contribution in [0.5, 0.6) is 5.75 Å². The molecule has 0 saturated heterocycles. The highest BCUT2D eigenvalue weighted by Crippen LogP contribution is 2.25. The van der Waals surface area contributed by atoms with E-state index in [4.69, 9.17) is 4.52 Å². The number of aromatic nitrogens is 2. The quantitative estimate of drug-likeness (QED) is 0.937. The SMILES string of the molecule is COc1c(F)cc(NC(=O)N(C)Cc2noc(C)n2)cc1F. The largest absolute Gasteiger partial charge is 0.491 e. The first kappa shape index (κ1) is 15.7. The Bertz CT molecular complexity index is 667. The van der Waals surface area contributed by atoms with E-state index in [0.717, 1.165) is 19.2 Å². The van der Waals surface area contributed by atoms with Gasteiger partial charge in [0.15, 0.2) is 23.2 Å². The normalized spacial score (nSPS) is 10.4. The van der Waals surface area contributed by atoms with E-state index >= 15 is 0 Å². The molecule has 0 fully saturated rings. The van der Waals surface area contributed by atoms with Gasteiger partial charge in [-0.3, -0.25) is 0 Å². The van der Waals surface area contributed by atoms with Crippen LogP contribution >= 0.6 is 0 Å². The van der Waals surface area contributed by atoms with Crippen LogP contribution < -0.4 is 10.1 Å². The van der Waals surface area contributed by atoms with Gasteiger partial charge in [0.1, 0.15) is 0 Å². The van der Waals surface area contributed by atoms with Gasteiger partial charge in [-0.1, -0.05) is 5.16 Å². The van der Waals surface area contributed by atoms with E-state index in [1.807, 2.05) is 0 Å². The van der Waals surface area contributed by atoms with Crippen molar-refractivity contribution in [3.8, 4) is 5.75 Å². The van der Waals surface area contributed by atoms with Gasteiger partial charge in [0.2, 0.25) is 5.89 Å². The average Bonchev–Trinajstić information content (AvgIpc) is 2.83. The predicted molar refractivity (Wildman–Crippen MR) is 72.4 cm³/mol. The molecule has 0 aliphatic carbocycles. The number of halogens is 2. The maximum atomic E-state index is 13.6. The van der Waals surface area contributed by atoms with E-state index in [0.29, 0.717) is 11.7 Å². The number of anilines is 1. The second-order valence-electron chi connectivity index (χ2n) is 4.49. The Hall–Kier alpha value is -2.71. The lowest BCUT2D eigenvalue weighted by atomic mass is 10.2. The number of hydrogen-bond donors (Lipinski definition) is 1. The summed E-state index contributed by atoms with van der Waals surface area (Å²) < 4.78 is 36.5. The predicted octanol–water partition coefficient (Wildman–Crippen LogP) is 2.33. The first-order chi connectivity index (χ1) is 10.4. The van der Waals surface area contributed by atoms with Crippen molar-refractivity contribution in [2.75, 3.05) is 19.5 Å². The van der Waals surface area contributed by atoms with Gasteiger partial charge in [0.25, 0.3) is 0 Å². The zero-order valence-electron chi connectivity index (χ0n) is 12.2. The Labute approximate surface area is 124 Å². The van der Waals surface area contributed by atoms with E-state index in [9.17, 15) is 13.6 Å². The van der Waals surface area contributed by atoms with Gasteiger partial charge in [-0.15, -0.1) is 0 Å². The van der Waals surface area contributed by atoms with Crippen molar-refractivity contribution in [2.45, 2.75) is 13.5 Å². The second kappa shape index (κ2) is 6.37. The number of hydrogen-bond acceptors (Lipinski definition) is 5. The van der Waals surface area contributed by atoms with Gasteiger partial charge in [-0.25, -0.2) is 13.6 Å². The minimum atomic E-state index is -0.908. The van der Waals surface area contributed by atoms with Crippen LogP contribution in [0.25, 0.3) is 0 Å². The lowest BCUT2D eigenvalue weighted by molar-refractivity contribution is 0.219.